The third-order valence-corrected chi connectivity index (χ3v) is 5.16. The topological polar surface area (TPSA) is 64.5 Å². The Morgan fingerprint density at radius 1 is 1.10 bits per heavy atom. The van der Waals surface area contributed by atoms with Gasteiger partial charge in [0, 0.05) is 31.2 Å². The van der Waals surface area contributed by atoms with Crippen molar-refractivity contribution in [2.45, 2.75) is 32.4 Å². The Morgan fingerprint density at radius 3 is 2.83 bits per heavy atom. The molecule has 1 aromatic heterocycles. The van der Waals surface area contributed by atoms with Gasteiger partial charge in [-0.05, 0) is 48.6 Å². The fraction of sp³-hybridized carbons (Fsp3) is 0.348. The van der Waals surface area contributed by atoms with Crippen LogP contribution in [0.2, 0.25) is 0 Å². The maximum Gasteiger partial charge on any atom is 0.315 e. The third-order valence-electron chi connectivity index (χ3n) is 5.16. The van der Waals surface area contributed by atoms with E-state index in [1.165, 1.54) is 10.9 Å². The van der Waals surface area contributed by atoms with E-state index in [1.807, 2.05) is 37.3 Å². The zero-order chi connectivity index (χ0) is 20.1. The van der Waals surface area contributed by atoms with Crippen molar-refractivity contribution >= 4 is 16.9 Å². The van der Waals surface area contributed by atoms with Gasteiger partial charge in [-0.1, -0.05) is 24.3 Å². The number of ether oxygens (including phenoxy) is 2. The van der Waals surface area contributed by atoms with Crippen molar-refractivity contribution in [3.63, 3.8) is 0 Å². The molecule has 2 N–H and O–H groups in total. The van der Waals surface area contributed by atoms with Crippen LogP contribution in [-0.2, 0) is 6.54 Å². The summed E-state index contributed by atoms with van der Waals surface area (Å²) in [5.74, 6) is 1.51. The predicted molar refractivity (Wildman–Crippen MR) is 114 cm³/mol. The van der Waals surface area contributed by atoms with Crippen LogP contribution in [0.25, 0.3) is 10.9 Å². The second-order valence-corrected chi connectivity index (χ2v) is 7.30. The largest absolute Gasteiger partial charge is 0.490 e. The molecule has 2 amide bonds. The van der Waals surface area contributed by atoms with Crippen molar-refractivity contribution in [3.8, 4) is 11.5 Å². The van der Waals surface area contributed by atoms with E-state index in [9.17, 15) is 4.79 Å². The standard InChI is InChI=1S/C23H27N3O3/c1-17(19-8-9-21-22(16-19)29-15-5-14-28-21)25-23(27)24-11-4-12-26-13-10-18-6-2-3-7-20(18)26/h2-3,6-10,13,16-17H,4-5,11-12,14-15H2,1H3,(H2,24,25,27). The minimum Gasteiger partial charge on any atom is -0.490 e. The molecule has 2 aromatic carbocycles. The number of carbonyl (C=O) groups excluding carboxylic acids is 1. The van der Waals surface area contributed by atoms with E-state index in [-0.39, 0.29) is 12.1 Å². The molecule has 0 bridgehead atoms. The molecular weight excluding hydrogens is 366 g/mol. The molecule has 0 spiro atoms. The molecule has 1 aliphatic rings. The highest BCUT2D eigenvalue weighted by Crippen LogP contribution is 2.32. The van der Waals surface area contributed by atoms with Gasteiger partial charge in [-0.15, -0.1) is 0 Å². The number of benzene rings is 2. The van der Waals surface area contributed by atoms with Crippen molar-refractivity contribution in [1.82, 2.24) is 15.2 Å². The number of aryl methyl sites for hydroxylation is 1. The SMILES string of the molecule is CC(NC(=O)NCCCn1ccc2ccccc21)c1ccc2c(c1)OCCCO2. The lowest BCUT2D eigenvalue weighted by molar-refractivity contribution is 0.237. The molecule has 152 valence electrons. The first-order valence-electron chi connectivity index (χ1n) is 10.2. The molecule has 0 radical (unpaired) electrons. The van der Waals surface area contributed by atoms with Crippen LogP contribution in [0.5, 0.6) is 11.5 Å². The van der Waals surface area contributed by atoms with E-state index in [0.29, 0.717) is 19.8 Å². The highest BCUT2D eigenvalue weighted by Gasteiger charge is 2.15. The first-order valence-corrected chi connectivity index (χ1v) is 10.2. The van der Waals surface area contributed by atoms with E-state index in [1.54, 1.807) is 0 Å². The van der Waals surface area contributed by atoms with Crippen LogP contribution >= 0.6 is 0 Å². The zero-order valence-corrected chi connectivity index (χ0v) is 16.7. The van der Waals surface area contributed by atoms with Gasteiger partial charge in [0.1, 0.15) is 0 Å². The van der Waals surface area contributed by atoms with Crippen LogP contribution in [0.4, 0.5) is 4.79 Å². The molecule has 1 aliphatic heterocycles. The number of aromatic nitrogens is 1. The van der Waals surface area contributed by atoms with Gasteiger partial charge in [-0.3, -0.25) is 0 Å². The summed E-state index contributed by atoms with van der Waals surface area (Å²) in [7, 11) is 0. The number of hydrogen-bond donors (Lipinski definition) is 2. The molecule has 2 heterocycles. The number of carbonyl (C=O) groups is 1. The Bertz CT molecular complexity index is 982. The minimum atomic E-state index is -0.165. The van der Waals surface area contributed by atoms with Crippen molar-refractivity contribution in [3.05, 3.63) is 60.3 Å². The summed E-state index contributed by atoms with van der Waals surface area (Å²) in [6, 6.07) is 16.0. The van der Waals surface area contributed by atoms with Gasteiger partial charge in [-0.2, -0.15) is 0 Å². The normalized spacial score (nSPS) is 14.2. The minimum absolute atomic E-state index is 0.124. The number of nitrogens with zero attached hydrogens (tertiary/aromatic N) is 1. The number of urea groups is 1. The number of amides is 2. The summed E-state index contributed by atoms with van der Waals surface area (Å²) in [6.45, 7) is 4.76. The number of rotatable bonds is 6. The average Bonchev–Trinajstić information content (AvgIpc) is 2.99. The summed E-state index contributed by atoms with van der Waals surface area (Å²) in [6.07, 6.45) is 3.83. The molecular formula is C23H27N3O3. The highest BCUT2D eigenvalue weighted by molar-refractivity contribution is 5.79. The summed E-state index contributed by atoms with van der Waals surface area (Å²) >= 11 is 0. The van der Waals surface area contributed by atoms with Crippen molar-refractivity contribution < 1.29 is 14.3 Å². The summed E-state index contributed by atoms with van der Waals surface area (Å²) in [4.78, 5) is 12.3. The monoisotopic (exact) mass is 393 g/mol. The van der Waals surface area contributed by atoms with Gasteiger partial charge in [0.2, 0.25) is 0 Å². The average molecular weight is 393 g/mol. The maximum absolute atomic E-state index is 12.3. The van der Waals surface area contributed by atoms with Gasteiger partial charge in [0.05, 0.1) is 19.3 Å². The summed E-state index contributed by atoms with van der Waals surface area (Å²) in [5, 5.41) is 7.17. The molecule has 3 aromatic rings. The van der Waals surface area contributed by atoms with Crippen molar-refractivity contribution in [2.75, 3.05) is 19.8 Å². The summed E-state index contributed by atoms with van der Waals surface area (Å²) in [5.41, 5.74) is 2.21. The van der Waals surface area contributed by atoms with E-state index >= 15 is 0 Å². The van der Waals surface area contributed by atoms with E-state index in [4.69, 9.17) is 9.47 Å². The van der Waals surface area contributed by atoms with Gasteiger partial charge >= 0.3 is 6.03 Å². The molecule has 6 heteroatoms. The lowest BCUT2D eigenvalue weighted by Gasteiger charge is -2.17. The second kappa shape index (κ2) is 8.90. The Kier molecular flexibility index (Phi) is 5.89. The molecule has 6 nitrogen and oxygen atoms in total. The third kappa shape index (κ3) is 4.65. The fourth-order valence-electron chi connectivity index (χ4n) is 3.57. The first-order chi connectivity index (χ1) is 14.2. The number of nitrogens with one attached hydrogen (secondary N) is 2. The van der Waals surface area contributed by atoms with Crippen LogP contribution in [0.15, 0.2) is 54.7 Å². The van der Waals surface area contributed by atoms with Gasteiger partial charge in [-0.25, -0.2) is 4.79 Å². The van der Waals surface area contributed by atoms with Crippen molar-refractivity contribution in [1.29, 1.82) is 0 Å². The Morgan fingerprint density at radius 2 is 1.93 bits per heavy atom. The molecule has 1 unspecified atom stereocenters. The predicted octanol–water partition coefficient (Wildman–Crippen LogP) is 4.25. The van der Waals surface area contributed by atoms with Crippen LogP contribution in [0, 0.1) is 0 Å². The molecule has 1 atom stereocenters. The van der Waals surface area contributed by atoms with Crippen LogP contribution in [0.3, 0.4) is 0 Å². The number of para-hydroxylation sites is 1. The fourth-order valence-corrected chi connectivity index (χ4v) is 3.57. The Labute approximate surface area is 170 Å². The van der Waals surface area contributed by atoms with Gasteiger partial charge < -0.3 is 24.7 Å². The highest BCUT2D eigenvalue weighted by atomic mass is 16.5. The number of hydrogen-bond acceptors (Lipinski definition) is 3. The molecule has 0 fully saturated rings. The van der Waals surface area contributed by atoms with Gasteiger partial charge in [0.25, 0.3) is 0 Å². The van der Waals surface area contributed by atoms with Crippen LogP contribution < -0.4 is 20.1 Å². The quantitative estimate of drug-likeness (QED) is 0.615. The Hall–Kier alpha value is -3.15. The van der Waals surface area contributed by atoms with Crippen LogP contribution in [0.1, 0.15) is 31.4 Å². The van der Waals surface area contributed by atoms with E-state index in [2.05, 4.69) is 39.6 Å². The van der Waals surface area contributed by atoms with Crippen LogP contribution in [-0.4, -0.2) is 30.4 Å². The van der Waals surface area contributed by atoms with E-state index < -0.39 is 0 Å². The molecule has 0 saturated carbocycles. The molecule has 29 heavy (non-hydrogen) atoms. The molecule has 0 saturated heterocycles. The first kappa shape index (κ1) is 19.2. The molecule has 4 rings (SSSR count). The lowest BCUT2D eigenvalue weighted by Crippen LogP contribution is -2.37. The van der Waals surface area contributed by atoms with E-state index in [0.717, 1.165) is 36.4 Å². The smallest absolute Gasteiger partial charge is 0.315 e. The summed E-state index contributed by atoms with van der Waals surface area (Å²) < 4.78 is 13.6. The Balaban J connectivity index is 1.25. The van der Waals surface area contributed by atoms with Gasteiger partial charge in [0.15, 0.2) is 11.5 Å². The maximum atomic E-state index is 12.3. The second-order valence-electron chi connectivity index (χ2n) is 7.30. The van der Waals surface area contributed by atoms with Crippen molar-refractivity contribution in [2.24, 2.45) is 0 Å². The zero-order valence-electron chi connectivity index (χ0n) is 16.7. The number of fused-ring (bicyclic) bond motifs is 2. The molecule has 0 aliphatic carbocycles. The lowest BCUT2D eigenvalue weighted by atomic mass is 10.1.